The van der Waals surface area contributed by atoms with E-state index in [-0.39, 0.29) is 39.8 Å². The summed E-state index contributed by atoms with van der Waals surface area (Å²) in [7, 11) is 0. The van der Waals surface area contributed by atoms with Crippen LogP contribution in [0, 0.1) is 39.9 Å². The maximum Gasteiger partial charge on any atom is 0.306 e. The van der Waals surface area contributed by atoms with Crippen LogP contribution in [0.25, 0.3) is 0 Å². The van der Waals surface area contributed by atoms with Crippen molar-refractivity contribution in [3.8, 4) is 0 Å². The minimum Gasteiger partial charge on any atom is -0.459 e. The summed E-state index contributed by atoms with van der Waals surface area (Å²) in [4.78, 5) is 24.7. The largest absolute Gasteiger partial charge is 0.459 e. The van der Waals surface area contributed by atoms with E-state index in [1.54, 1.807) is 6.92 Å². The van der Waals surface area contributed by atoms with E-state index in [9.17, 15) is 14.7 Å². The summed E-state index contributed by atoms with van der Waals surface area (Å²) in [5, 5.41) is 11.3. The Balaban J connectivity index is 1.79. The van der Waals surface area contributed by atoms with E-state index < -0.39 is 11.7 Å². The second kappa shape index (κ2) is 6.06. The first kappa shape index (κ1) is 20.4. The molecule has 1 N–H and O–H groups in total. The van der Waals surface area contributed by atoms with E-state index in [0.29, 0.717) is 18.3 Å². The number of aliphatic hydroxyl groups excluding tert-OH is 1. The Morgan fingerprint density at radius 3 is 2.29 bits per heavy atom. The number of Topliss-reactive ketones (excluding diaryl/α,β-unsaturated/α-hetero) is 1. The lowest BCUT2D eigenvalue weighted by molar-refractivity contribution is -0.224. The minimum atomic E-state index is -0.468. The van der Waals surface area contributed by atoms with E-state index in [0.717, 1.165) is 38.5 Å². The molecular formula is C24H38O4. The zero-order valence-corrected chi connectivity index (χ0v) is 18.5. The second-order valence-corrected chi connectivity index (χ2v) is 11.6. The number of hydrogen-bond acceptors (Lipinski definition) is 4. The van der Waals surface area contributed by atoms with Crippen molar-refractivity contribution in [3.63, 3.8) is 0 Å². The van der Waals surface area contributed by atoms with Crippen LogP contribution < -0.4 is 0 Å². The summed E-state index contributed by atoms with van der Waals surface area (Å²) in [6.07, 6.45) is 5.68. The van der Waals surface area contributed by atoms with Gasteiger partial charge < -0.3 is 9.84 Å². The predicted octanol–water partition coefficient (Wildman–Crippen LogP) is 4.53. The van der Waals surface area contributed by atoms with Gasteiger partial charge in [0.05, 0.1) is 6.10 Å². The van der Waals surface area contributed by atoms with E-state index >= 15 is 0 Å². The first-order chi connectivity index (χ1) is 12.9. The smallest absolute Gasteiger partial charge is 0.306 e. The first-order valence-electron chi connectivity index (χ1n) is 11.3. The van der Waals surface area contributed by atoms with Crippen LogP contribution in [0.15, 0.2) is 0 Å². The highest BCUT2D eigenvalue weighted by atomic mass is 16.6. The molecule has 0 radical (unpaired) electrons. The van der Waals surface area contributed by atoms with Gasteiger partial charge in [0, 0.05) is 24.2 Å². The lowest BCUT2D eigenvalue weighted by Crippen LogP contribution is -2.64. The van der Waals surface area contributed by atoms with Crippen LogP contribution in [-0.2, 0) is 14.3 Å². The molecule has 8 atom stereocenters. The Bertz CT molecular complexity index is 699. The number of carbonyl (C=O) groups excluding carboxylic acids is 2. The summed E-state index contributed by atoms with van der Waals surface area (Å²) in [6, 6.07) is 0. The SMILES string of the molecule is CC(=O)[C@H]1CC[C@]2(C)[C@@H]1[C@H](O)C[C@@H]1[C@@]3(C)CCC(=O)OC(C)(C)[C@@H]3CC[C@]12C. The standard InChI is InChI=1S/C24H38O4/c1-14(25)15-7-11-24(6)20(15)16(26)13-18-22(4)10-9-19(27)28-21(2,3)17(22)8-12-23(18,24)5/h15-18,20,26H,7-13H2,1-6H3/t15-,16-,17+,18-,20+,22+,23-,24-/m1/s1. The topological polar surface area (TPSA) is 63.6 Å². The van der Waals surface area contributed by atoms with Crippen molar-refractivity contribution in [2.75, 3.05) is 0 Å². The van der Waals surface area contributed by atoms with Crippen LogP contribution in [0.5, 0.6) is 0 Å². The maximum atomic E-state index is 12.3. The molecular weight excluding hydrogens is 352 g/mol. The van der Waals surface area contributed by atoms with Gasteiger partial charge in [-0.1, -0.05) is 20.8 Å². The van der Waals surface area contributed by atoms with E-state index in [1.807, 2.05) is 0 Å². The molecule has 1 aliphatic heterocycles. The number of rotatable bonds is 1. The number of esters is 1. The predicted molar refractivity (Wildman–Crippen MR) is 107 cm³/mol. The van der Waals surface area contributed by atoms with Crippen molar-refractivity contribution in [2.24, 2.45) is 39.9 Å². The number of ether oxygens (including phenoxy) is 1. The van der Waals surface area contributed by atoms with Crippen molar-refractivity contribution in [1.82, 2.24) is 0 Å². The van der Waals surface area contributed by atoms with Crippen LogP contribution in [0.3, 0.4) is 0 Å². The fourth-order valence-corrected chi connectivity index (χ4v) is 8.86. The van der Waals surface area contributed by atoms with Gasteiger partial charge in [-0.15, -0.1) is 0 Å². The molecule has 0 unspecified atom stereocenters. The van der Waals surface area contributed by atoms with Crippen LogP contribution in [0.2, 0.25) is 0 Å². The summed E-state index contributed by atoms with van der Waals surface area (Å²) in [5.41, 5.74) is -0.452. The Labute approximate surface area is 169 Å². The number of cyclic esters (lactones) is 1. The molecule has 158 valence electrons. The number of hydrogen-bond donors (Lipinski definition) is 1. The monoisotopic (exact) mass is 390 g/mol. The number of fused-ring (bicyclic) bond motifs is 5. The zero-order valence-electron chi connectivity index (χ0n) is 18.5. The fraction of sp³-hybridized carbons (Fsp3) is 0.917. The molecule has 4 fully saturated rings. The second-order valence-electron chi connectivity index (χ2n) is 11.6. The number of carbonyl (C=O) groups is 2. The fourth-order valence-electron chi connectivity index (χ4n) is 8.86. The lowest BCUT2D eigenvalue weighted by atomic mass is 9.37. The van der Waals surface area contributed by atoms with Gasteiger partial charge in [0.1, 0.15) is 11.4 Å². The van der Waals surface area contributed by atoms with E-state index in [1.165, 1.54) is 0 Å². The molecule has 0 bridgehead atoms. The third-order valence-corrected chi connectivity index (χ3v) is 10.3. The maximum absolute atomic E-state index is 12.3. The third kappa shape index (κ3) is 2.45. The minimum absolute atomic E-state index is 0.00112. The van der Waals surface area contributed by atoms with Crippen molar-refractivity contribution in [3.05, 3.63) is 0 Å². The van der Waals surface area contributed by atoms with Gasteiger partial charge >= 0.3 is 5.97 Å². The van der Waals surface area contributed by atoms with E-state index in [4.69, 9.17) is 4.74 Å². The van der Waals surface area contributed by atoms with Gasteiger partial charge in [-0.2, -0.15) is 0 Å². The summed E-state index contributed by atoms with van der Waals surface area (Å²) < 4.78 is 5.89. The molecule has 3 aliphatic carbocycles. The van der Waals surface area contributed by atoms with Crippen molar-refractivity contribution < 1.29 is 19.4 Å². The summed E-state index contributed by atoms with van der Waals surface area (Å²) >= 11 is 0. The molecule has 0 aromatic carbocycles. The first-order valence-corrected chi connectivity index (χ1v) is 11.3. The Hall–Kier alpha value is -0.900. The molecule has 0 aromatic rings. The molecule has 4 aliphatic rings. The Kier molecular flexibility index (Phi) is 4.41. The van der Waals surface area contributed by atoms with E-state index in [2.05, 4.69) is 34.6 Å². The van der Waals surface area contributed by atoms with Gasteiger partial charge in [-0.3, -0.25) is 9.59 Å². The molecule has 0 aromatic heterocycles. The average molecular weight is 391 g/mol. The normalized spacial score (nSPS) is 52.7. The summed E-state index contributed by atoms with van der Waals surface area (Å²) in [6.45, 7) is 13.0. The van der Waals surface area contributed by atoms with Gasteiger partial charge in [0.25, 0.3) is 0 Å². The lowest BCUT2D eigenvalue weighted by Gasteiger charge is -2.67. The molecule has 3 saturated carbocycles. The molecule has 4 nitrogen and oxygen atoms in total. The highest BCUT2D eigenvalue weighted by Crippen LogP contribution is 2.73. The van der Waals surface area contributed by atoms with Crippen LogP contribution in [0.1, 0.15) is 86.5 Å². The Morgan fingerprint density at radius 1 is 1.00 bits per heavy atom. The average Bonchev–Trinajstić information content (AvgIpc) is 2.91. The molecule has 0 amide bonds. The van der Waals surface area contributed by atoms with Gasteiger partial charge in [-0.25, -0.2) is 0 Å². The quantitative estimate of drug-likeness (QED) is 0.668. The number of aliphatic hydroxyl groups is 1. The zero-order chi connectivity index (χ0) is 20.7. The highest BCUT2D eigenvalue weighted by Gasteiger charge is 2.70. The van der Waals surface area contributed by atoms with Crippen LogP contribution >= 0.6 is 0 Å². The molecule has 0 spiro atoms. The van der Waals surface area contributed by atoms with Crippen LogP contribution in [0.4, 0.5) is 0 Å². The van der Waals surface area contributed by atoms with Gasteiger partial charge in [-0.05, 0) is 81.5 Å². The van der Waals surface area contributed by atoms with Gasteiger partial charge in [0.15, 0.2) is 0 Å². The van der Waals surface area contributed by atoms with Crippen molar-refractivity contribution in [1.29, 1.82) is 0 Å². The molecule has 1 saturated heterocycles. The molecule has 4 heteroatoms. The van der Waals surface area contributed by atoms with Crippen molar-refractivity contribution in [2.45, 2.75) is 98.2 Å². The molecule has 4 rings (SSSR count). The van der Waals surface area contributed by atoms with Gasteiger partial charge in [0.2, 0.25) is 0 Å². The van der Waals surface area contributed by atoms with Crippen LogP contribution in [-0.4, -0.2) is 28.6 Å². The molecule has 28 heavy (non-hydrogen) atoms. The highest BCUT2D eigenvalue weighted by molar-refractivity contribution is 5.79. The number of ketones is 1. The third-order valence-electron chi connectivity index (χ3n) is 10.3. The Morgan fingerprint density at radius 2 is 1.64 bits per heavy atom. The molecule has 1 heterocycles. The summed E-state index contributed by atoms with van der Waals surface area (Å²) in [5.74, 6) is 0.878. The van der Waals surface area contributed by atoms with Crippen molar-refractivity contribution >= 4 is 11.8 Å².